The third kappa shape index (κ3) is 31.6. The number of carboxylic acid groups (broad SMARTS) is 1. The van der Waals surface area contributed by atoms with E-state index in [9.17, 15) is 9.59 Å². The Labute approximate surface area is 180 Å². The Morgan fingerprint density at radius 2 is 1.07 bits per heavy atom. The fraction of sp³-hybridized carbons (Fsp3) is 0.840. The maximum atomic E-state index is 10.5. The summed E-state index contributed by atoms with van der Waals surface area (Å²) in [5, 5.41) is 8.51. The summed E-state index contributed by atoms with van der Waals surface area (Å²) in [6.07, 6.45) is 25.0. The standard InChI is InChI=1S/C18H34O2.C7H14O2/c1-2-3-4-5-6-7-8-9-10-11-12-13-14-15-16-17-18(19)20;1-3-4-5-6-7(8)9-2/h9-10H,2-8,11-17H2,1H3,(H,19,20);3-6H2,1-2H3. The molecule has 0 saturated heterocycles. The Kier molecular flexibility index (Phi) is 27.5. The number of carbonyl (C=O) groups excluding carboxylic acids is 1. The molecule has 0 aliphatic carbocycles. The molecule has 0 saturated carbocycles. The Morgan fingerprint density at radius 3 is 1.55 bits per heavy atom. The summed E-state index contributed by atoms with van der Waals surface area (Å²) in [6.45, 7) is 4.37. The molecule has 0 heterocycles. The van der Waals surface area contributed by atoms with E-state index in [-0.39, 0.29) is 5.97 Å². The van der Waals surface area contributed by atoms with Gasteiger partial charge in [-0.2, -0.15) is 0 Å². The third-order valence-electron chi connectivity index (χ3n) is 4.86. The molecule has 4 heteroatoms. The summed E-state index contributed by atoms with van der Waals surface area (Å²) in [4.78, 5) is 20.8. The van der Waals surface area contributed by atoms with Gasteiger partial charge in [0.15, 0.2) is 0 Å². The second kappa shape index (κ2) is 26.7. The largest absolute Gasteiger partial charge is 0.481 e. The Morgan fingerprint density at radius 1 is 0.655 bits per heavy atom. The van der Waals surface area contributed by atoms with E-state index in [0.29, 0.717) is 12.8 Å². The molecule has 0 aliphatic heterocycles. The lowest BCUT2D eigenvalue weighted by Crippen LogP contribution is -1.98. The van der Waals surface area contributed by atoms with Crippen molar-refractivity contribution in [2.24, 2.45) is 0 Å². The van der Waals surface area contributed by atoms with Crippen LogP contribution >= 0.6 is 0 Å². The van der Waals surface area contributed by atoms with Crippen molar-refractivity contribution in [3.63, 3.8) is 0 Å². The predicted molar refractivity (Wildman–Crippen MR) is 123 cm³/mol. The second-order valence-electron chi connectivity index (χ2n) is 7.76. The first kappa shape index (κ1) is 29.9. The number of aliphatic carboxylic acids is 1. The van der Waals surface area contributed by atoms with Gasteiger partial charge in [0, 0.05) is 12.8 Å². The summed E-state index contributed by atoms with van der Waals surface area (Å²) in [7, 11) is 1.42. The highest BCUT2D eigenvalue weighted by atomic mass is 16.5. The molecule has 0 fully saturated rings. The van der Waals surface area contributed by atoms with Gasteiger partial charge >= 0.3 is 11.9 Å². The van der Waals surface area contributed by atoms with Gasteiger partial charge in [-0.3, -0.25) is 9.59 Å². The van der Waals surface area contributed by atoms with E-state index >= 15 is 0 Å². The molecule has 0 rings (SSSR count). The predicted octanol–water partition coefficient (Wildman–Crippen LogP) is 7.85. The van der Waals surface area contributed by atoms with Crippen LogP contribution in [0.25, 0.3) is 0 Å². The van der Waals surface area contributed by atoms with Crippen LogP contribution in [0.15, 0.2) is 12.2 Å². The zero-order valence-corrected chi connectivity index (χ0v) is 19.6. The zero-order valence-electron chi connectivity index (χ0n) is 19.6. The van der Waals surface area contributed by atoms with Gasteiger partial charge in [0.1, 0.15) is 0 Å². The molecule has 0 aliphatic rings. The number of hydrogen-bond donors (Lipinski definition) is 1. The summed E-state index contributed by atoms with van der Waals surface area (Å²) < 4.78 is 4.46. The number of carboxylic acids is 1. The van der Waals surface area contributed by atoms with Gasteiger partial charge in [0.05, 0.1) is 7.11 Å². The molecular weight excluding hydrogens is 364 g/mol. The van der Waals surface area contributed by atoms with Crippen molar-refractivity contribution >= 4 is 11.9 Å². The molecule has 0 unspecified atom stereocenters. The maximum Gasteiger partial charge on any atom is 0.305 e. The van der Waals surface area contributed by atoms with E-state index in [1.54, 1.807) is 0 Å². The average molecular weight is 413 g/mol. The van der Waals surface area contributed by atoms with Gasteiger partial charge in [0.25, 0.3) is 0 Å². The fourth-order valence-corrected chi connectivity index (χ4v) is 2.97. The molecule has 0 bridgehead atoms. The Hall–Kier alpha value is -1.32. The van der Waals surface area contributed by atoms with E-state index < -0.39 is 5.97 Å². The van der Waals surface area contributed by atoms with Gasteiger partial charge in [0.2, 0.25) is 0 Å². The van der Waals surface area contributed by atoms with Crippen LogP contribution < -0.4 is 0 Å². The minimum Gasteiger partial charge on any atom is -0.481 e. The first-order valence-electron chi connectivity index (χ1n) is 12.0. The van der Waals surface area contributed by atoms with E-state index in [2.05, 4.69) is 30.7 Å². The van der Waals surface area contributed by atoms with Crippen molar-refractivity contribution in [1.82, 2.24) is 0 Å². The SMILES string of the molecule is CCCCCC(=O)OC.CCCCCCCCC=CCCCCCCCC(=O)O. The summed E-state index contributed by atoms with van der Waals surface area (Å²) in [5.41, 5.74) is 0. The van der Waals surface area contributed by atoms with E-state index in [1.165, 1.54) is 77.7 Å². The van der Waals surface area contributed by atoms with E-state index in [4.69, 9.17) is 5.11 Å². The smallest absolute Gasteiger partial charge is 0.305 e. The van der Waals surface area contributed by atoms with Crippen LogP contribution in [0.4, 0.5) is 0 Å². The van der Waals surface area contributed by atoms with Gasteiger partial charge in [-0.25, -0.2) is 0 Å². The number of carbonyl (C=O) groups is 2. The van der Waals surface area contributed by atoms with Crippen LogP contribution in [0, 0.1) is 0 Å². The number of ether oxygens (including phenoxy) is 1. The monoisotopic (exact) mass is 412 g/mol. The Bertz CT molecular complexity index is 377. The lowest BCUT2D eigenvalue weighted by Gasteiger charge is -1.99. The normalized spacial score (nSPS) is 10.6. The number of esters is 1. The molecular formula is C25H48O4. The topological polar surface area (TPSA) is 63.6 Å². The van der Waals surface area contributed by atoms with Crippen LogP contribution in [-0.4, -0.2) is 24.2 Å². The molecule has 0 amide bonds. The quantitative estimate of drug-likeness (QED) is 0.133. The lowest BCUT2D eigenvalue weighted by atomic mass is 10.1. The molecule has 0 atom stereocenters. The van der Waals surface area contributed by atoms with E-state index in [0.717, 1.165) is 32.1 Å². The number of methoxy groups -OCH3 is 1. The van der Waals surface area contributed by atoms with Crippen molar-refractivity contribution in [3.05, 3.63) is 12.2 Å². The van der Waals surface area contributed by atoms with Crippen LogP contribution in [0.3, 0.4) is 0 Å². The van der Waals surface area contributed by atoms with Crippen molar-refractivity contribution in [2.75, 3.05) is 7.11 Å². The van der Waals surface area contributed by atoms with Crippen LogP contribution in [0.2, 0.25) is 0 Å². The molecule has 0 aromatic carbocycles. The third-order valence-corrected chi connectivity index (χ3v) is 4.86. The van der Waals surface area contributed by atoms with Gasteiger partial charge in [-0.1, -0.05) is 90.2 Å². The minimum atomic E-state index is -0.664. The number of unbranched alkanes of at least 4 members (excludes halogenated alkanes) is 13. The molecule has 0 spiro atoms. The zero-order chi connectivity index (χ0) is 22.0. The maximum absolute atomic E-state index is 10.5. The molecule has 0 aromatic rings. The molecule has 0 aromatic heterocycles. The first-order chi connectivity index (χ1) is 14.1. The van der Waals surface area contributed by atoms with Crippen molar-refractivity contribution < 1.29 is 19.4 Å². The summed E-state index contributed by atoms with van der Waals surface area (Å²) in [5.74, 6) is -0.758. The average Bonchev–Trinajstić information content (AvgIpc) is 2.71. The van der Waals surface area contributed by atoms with Crippen molar-refractivity contribution in [3.8, 4) is 0 Å². The summed E-state index contributed by atoms with van der Waals surface area (Å²) in [6, 6.07) is 0. The highest BCUT2D eigenvalue weighted by Crippen LogP contribution is 2.09. The molecule has 172 valence electrons. The van der Waals surface area contributed by atoms with Crippen LogP contribution in [-0.2, 0) is 14.3 Å². The Balaban J connectivity index is 0. The van der Waals surface area contributed by atoms with Gasteiger partial charge in [-0.05, 0) is 38.5 Å². The summed E-state index contributed by atoms with van der Waals surface area (Å²) >= 11 is 0. The molecule has 0 radical (unpaired) electrons. The number of allylic oxidation sites excluding steroid dienone is 2. The first-order valence-corrected chi connectivity index (χ1v) is 12.0. The number of rotatable bonds is 19. The van der Waals surface area contributed by atoms with Gasteiger partial charge < -0.3 is 9.84 Å². The van der Waals surface area contributed by atoms with E-state index in [1.807, 2.05) is 0 Å². The molecule has 29 heavy (non-hydrogen) atoms. The number of hydrogen-bond acceptors (Lipinski definition) is 3. The van der Waals surface area contributed by atoms with Gasteiger partial charge in [-0.15, -0.1) is 0 Å². The van der Waals surface area contributed by atoms with Crippen LogP contribution in [0.5, 0.6) is 0 Å². The molecule has 1 N–H and O–H groups in total. The minimum absolute atomic E-state index is 0.0940. The van der Waals surface area contributed by atoms with Crippen molar-refractivity contribution in [2.45, 2.75) is 129 Å². The van der Waals surface area contributed by atoms with Crippen molar-refractivity contribution in [1.29, 1.82) is 0 Å². The second-order valence-corrected chi connectivity index (χ2v) is 7.76. The fourth-order valence-electron chi connectivity index (χ4n) is 2.97. The lowest BCUT2D eigenvalue weighted by molar-refractivity contribution is -0.140. The van der Waals surface area contributed by atoms with Crippen LogP contribution in [0.1, 0.15) is 129 Å². The molecule has 4 nitrogen and oxygen atoms in total. The highest BCUT2D eigenvalue weighted by molar-refractivity contribution is 5.68. The highest BCUT2D eigenvalue weighted by Gasteiger charge is 1.97.